The van der Waals surface area contributed by atoms with Crippen molar-refractivity contribution in [2.45, 2.75) is 12.6 Å². The molecular weight excluding hydrogens is 312 g/mol. The van der Waals surface area contributed by atoms with Gasteiger partial charge in [-0.3, -0.25) is 4.79 Å². The average Bonchev–Trinajstić information content (AvgIpc) is 3.03. The van der Waals surface area contributed by atoms with Gasteiger partial charge in [0.05, 0.1) is 12.6 Å². The van der Waals surface area contributed by atoms with Crippen molar-refractivity contribution in [3.05, 3.63) is 83.6 Å². The summed E-state index contributed by atoms with van der Waals surface area (Å²) in [5, 5.41) is 10.4. The quantitative estimate of drug-likeness (QED) is 0.782. The van der Waals surface area contributed by atoms with Gasteiger partial charge in [0.25, 0.3) is 5.91 Å². The Bertz CT molecular complexity index is 915. The number of aromatic nitrogens is 1. The van der Waals surface area contributed by atoms with Crippen molar-refractivity contribution >= 4 is 5.91 Å². The lowest BCUT2D eigenvalue weighted by Gasteiger charge is -2.32. The monoisotopic (exact) mass is 332 g/mol. The molecule has 4 rings (SSSR count). The number of carbonyl (C=O) groups excluding carboxylic acids is 1. The third-order valence-electron chi connectivity index (χ3n) is 4.87. The van der Waals surface area contributed by atoms with Crippen molar-refractivity contribution in [1.82, 2.24) is 9.47 Å². The van der Waals surface area contributed by atoms with Crippen molar-refractivity contribution in [3.63, 3.8) is 0 Å². The molecule has 25 heavy (non-hydrogen) atoms. The van der Waals surface area contributed by atoms with Gasteiger partial charge in [-0.15, -0.1) is 0 Å². The third kappa shape index (κ3) is 2.75. The number of rotatable bonds is 2. The highest BCUT2D eigenvalue weighted by Gasteiger charge is 2.28. The minimum absolute atomic E-state index is 0.0572. The minimum atomic E-state index is -0.636. The molecule has 0 bridgehead atoms. The fourth-order valence-electron chi connectivity index (χ4n) is 3.52. The highest BCUT2D eigenvalue weighted by molar-refractivity contribution is 5.94. The topological polar surface area (TPSA) is 45.5 Å². The molecular formula is C21H20N2O2. The maximum absolute atomic E-state index is 13.0. The number of carbonyl (C=O) groups is 1. The van der Waals surface area contributed by atoms with Crippen LogP contribution < -0.4 is 0 Å². The van der Waals surface area contributed by atoms with E-state index in [-0.39, 0.29) is 5.91 Å². The van der Waals surface area contributed by atoms with E-state index in [1.165, 1.54) is 0 Å². The first-order valence-electron chi connectivity index (χ1n) is 8.41. The van der Waals surface area contributed by atoms with Gasteiger partial charge in [-0.05, 0) is 28.8 Å². The summed E-state index contributed by atoms with van der Waals surface area (Å²) < 4.78 is 1.92. The molecule has 0 spiro atoms. The van der Waals surface area contributed by atoms with Crippen molar-refractivity contribution in [1.29, 1.82) is 0 Å². The van der Waals surface area contributed by atoms with E-state index in [0.717, 1.165) is 22.4 Å². The van der Waals surface area contributed by atoms with Crippen molar-refractivity contribution < 1.29 is 9.90 Å². The number of benzene rings is 2. The summed E-state index contributed by atoms with van der Waals surface area (Å²) in [6.45, 7) is 0.847. The second kappa shape index (κ2) is 6.22. The second-order valence-corrected chi connectivity index (χ2v) is 6.43. The molecule has 2 aromatic carbocycles. The van der Waals surface area contributed by atoms with Crippen molar-refractivity contribution in [3.8, 4) is 11.3 Å². The maximum atomic E-state index is 13.0. The Morgan fingerprint density at radius 2 is 1.72 bits per heavy atom. The Labute approximate surface area is 146 Å². The number of hydrogen-bond donors (Lipinski definition) is 1. The molecule has 1 aromatic heterocycles. The van der Waals surface area contributed by atoms with Gasteiger partial charge < -0.3 is 14.6 Å². The number of amides is 1. The molecule has 1 aliphatic heterocycles. The van der Waals surface area contributed by atoms with Gasteiger partial charge in [0.1, 0.15) is 5.69 Å². The zero-order valence-electron chi connectivity index (χ0n) is 14.1. The smallest absolute Gasteiger partial charge is 0.270 e. The Kier molecular flexibility index (Phi) is 3.90. The van der Waals surface area contributed by atoms with Crippen molar-refractivity contribution in [2.75, 3.05) is 6.54 Å². The van der Waals surface area contributed by atoms with Crippen LogP contribution in [0.5, 0.6) is 0 Å². The normalized spacial score (nSPS) is 16.6. The molecule has 4 heteroatoms. The first-order chi connectivity index (χ1) is 12.1. The zero-order valence-corrected chi connectivity index (χ0v) is 14.1. The molecule has 1 unspecified atom stereocenters. The van der Waals surface area contributed by atoms with Crippen LogP contribution in [0.3, 0.4) is 0 Å². The van der Waals surface area contributed by atoms with Crippen LogP contribution in [0.4, 0.5) is 0 Å². The van der Waals surface area contributed by atoms with Crippen LogP contribution in [0, 0.1) is 0 Å². The largest absolute Gasteiger partial charge is 0.387 e. The van der Waals surface area contributed by atoms with Gasteiger partial charge in [-0.25, -0.2) is 0 Å². The van der Waals surface area contributed by atoms with Crippen LogP contribution in [0.15, 0.2) is 66.7 Å². The Morgan fingerprint density at radius 3 is 2.52 bits per heavy atom. The molecule has 3 aromatic rings. The molecule has 1 N–H and O–H groups in total. The fourth-order valence-corrected chi connectivity index (χ4v) is 3.52. The minimum Gasteiger partial charge on any atom is -0.387 e. The van der Waals surface area contributed by atoms with E-state index in [1.54, 1.807) is 4.90 Å². The molecule has 4 nitrogen and oxygen atoms in total. The standard InChI is InChI=1S/C21H20N2O2/c1-22-18(15-7-3-2-4-8-15)11-12-19(22)21(25)23-13-16-9-5-6-10-17(16)20(24)14-23/h2-12,20,24H,13-14H2,1H3. The molecule has 0 saturated heterocycles. The second-order valence-electron chi connectivity index (χ2n) is 6.43. The summed E-state index contributed by atoms with van der Waals surface area (Å²) in [6.07, 6.45) is -0.636. The first kappa shape index (κ1) is 15.7. The summed E-state index contributed by atoms with van der Waals surface area (Å²) in [7, 11) is 1.91. The molecule has 1 atom stereocenters. The Hall–Kier alpha value is -2.85. The first-order valence-corrected chi connectivity index (χ1v) is 8.41. The summed E-state index contributed by atoms with van der Waals surface area (Å²) in [4.78, 5) is 14.7. The average molecular weight is 332 g/mol. The third-order valence-corrected chi connectivity index (χ3v) is 4.87. The molecule has 0 aliphatic carbocycles. The van der Waals surface area contributed by atoms with E-state index in [1.807, 2.05) is 78.3 Å². The Morgan fingerprint density at radius 1 is 1.00 bits per heavy atom. The number of aliphatic hydroxyl groups is 1. The van der Waals surface area contributed by atoms with Gasteiger partial charge in [0.2, 0.25) is 0 Å². The molecule has 1 aliphatic rings. The number of hydrogen-bond acceptors (Lipinski definition) is 2. The highest BCUT2D eigenvalue weighted by atomic mass is 16.3. The van der Waals surface area contributed by atoms with E-state index >= 15 is 0 Å². The van der Waals surface area contributed by atoms with E-state index in [0.29, 0.717) is 18.8 Å². The van der Waals surface area contributed by atoms with E-state index in [2.05, 4.69) is 0 Å². The summed E-state index contributed by atoms with van der Waals surface area (Å²) in [6, 6.07) is 21.6. The van der Waals surface area contributed by atoms with Gasteiger partial charge in [-0.2, -0.15) is 0 Å². The van der Waals surface area contributed by atoms with Crippen LogP contribution >= 0.6 is 0 Å². The Balaban J connectivity index is 1.64. The van der Waals surface area contributed by atoms with Crippen LogP contribution in [0.1, 0.15) is 27.7 Å². The molecule has 1 amide bonds. The maximum Gasteiger partial charge on any atom is 0.270 e. The SMILES string of the molecule is Cn1c(C(=O)N2Cc3ccccc3C(O)C2)ccc1-c1ccccc1. The zero-order chi connectivity index (χ0) is 17.4. The summed E-state index contributed by atoms with van der Waals surface area (Å²) in [5.74, 6) is -0.0572. The van der Waals surface area contributed by atoms with E-state index in [9.17, 15) is 9.90 Å². The number of β-amino-alcohol motifs (C(OH)–C–C–N with tert-alkyl or cyclic N) is 1. The van der Waals surface area contributed by atoms with Crippen LogP contribution in [-0.2, 0) is 13.6 Å². The van der Waals surface area contributed by atoms with Gasteiger partial charge >= 0.3 is 0 Å². The lowest BCUT2D eigenvalue weighted by Crippen LogP contribution is -2.39. The molecule has 0 radical (unpaired) electrons. The number of aliphatic hydroxyl groups excluding tert-OH is 1. The van der Waals surface area contributed by atoms with Gasteiger partial charge in [-0.1, -0.05) is 54.6 Å². The predicted octanol–water partition coefficient (Wildman–Crippen LogP) is 3.38. The fraction of sp³-hybridized carbons (Fsp3) is 0.190. The van der Waals surface area contributed by atoms with Crippen molar-refractivity contribution in [2.24, 2.45) is 7.05 Å². The highest BCUT2D eigenvalue weighted by Crippen LogP contribution is 2.28. The van der Waals surface area contributed by atoms with Gasteiger partial charge in [0.15, 0.2) is 0 Å². The summed E-state index contributed by atoms with van der Waals surface area (Å²) >= 11 is 0. The van der Waals surface area contributed by atoms with E-state index in [4.69, 9.17) is 0 Å². The molecule has 0 saturated carbocycles. The molecule has 126 valence electrons. The number of nitrogens with zero attached hydrogens (tertiary/aromatic N) is 2. The number of fused-ring (bicyclic) bond motifs is 1. The molecule has 2 heterocycles. The summed E-state index contributed by atoms with van der Waals surface area (Å²) in [5.41, 5.74) is 4.64. The van der Waals surface area contributed by atoms with Gasteiger partial charge in [0, 0.05) is 19.3 Å². The van der Waals surface area contributed by atoms with Crippen LogP contribution in [-0.4, -0.2) is 27.0 Å². The lowest BCUT2D eigenvalue weighted by atomic mass is 9.97. The van der Waals surface area contributed by atoms with E-state index < -0.39 is 6.10 Å². The van der Waals surface area contributed by atoms with Crippen LogP contribution in [0.2, 0.25) is 0 Å². The predicted molar refractivity (Wildman–Crippen MR) is 97.0 cm³/mol. The lowest BCUT2D eigenvalue weighted by molar-refractivity contribution is 0.0541. The molecule has 0 fully saturated rings. The van der Waals surface area contributed by atoms with Crippen LogP contribution in [0.25, 0.3) is 11.3 Å².